The molecule has 1 aliphatic rings. The van der Waals surface area contributed by atoms with Crippen molar-refractivity contribution >= 4 is 10.1 Å². The Morgan fingerprint density at radius 3 is 2.30 bits per heavy atom. The number of nitrogens with one attached hydrogen (secondary N) is 1. The number of benzene rings is 2. The van der Waals surface area contributed by atoms with Gasteiger partial charge in [0.25, 0.3) is 0 Å². The summed E-state index contributed by atoms with van der Waals surface area (Å²) in [6, 6.07) is 14.1. The Labute approximate surface area is 178 Å². The maximum absolute atomic E-state index is 13.0. The van der Waals surface area contributed by atoms with Gasteiger partial charge in [-0.15, -0.1) is 0 Å². The van der Waals surface area contributed by atoms with Gasteiger partial charge >= 0.3 is 6.18 Å². The number of alkyl halides is 3. The molecule has 1 aliphatic heterocycles. The van der Waals surface area contributed by atoms with Crippen LogP contribution in [0.5, 0.6) is 0 Å². The second kappa shape index (κ2) is 9.20. The summed E-state index contributed by atoms with van der Waals surface area (Å²) < 4.78 is 54.0. The number of nitrogens with zero attached hydrogens (tertiary/aromatic N) is 1. The Morgan fingerprint density at radius 1 is 1.10 bits per heavy atom. The van der Waals surface area contributed by atoms with Gasteiger partial charge in [-0.1, -0.05) is 52.6 Å². The molecule has 0 aliphatic carbocycles. The van der Waals surface area contributed by atoms with Crippen LogP contribution in [0.3, 0.4) is 0 Å². The molecule has 1 fully saturated rings. The van der Waals surface area contributed by atoms with Gasteiger partial charge < -0.3 is 0 Å². The maximum atomic E-state index is 13.0. The molecular formula is C23H31F3N2OS. The standard InChI is InChI=1S/C23H31F3N2OS/c1-17(27-30(2,3)29)19-9-7-18(8-10-19)16-28-13-11-20(12-14-28)21-5-4-6-22(15-21)23(24,25)26/h4-10,15,17,20,30H,11-14,16H2,1-3H3,(H,27,29)/t17-/m1/s1. The first-order chi connectivity index (χ1) is 14.0. The van der Waals surface area contributed by atoms with E-state index in [0.29, 0.717) is 0 Å². The summed E-state index contributed by atoms with van der Waals surface area (Å²) in [5, 5.41) is 0. The van der Waals surface area contributed by atoms with Crippen molar-refractivity contribution in [1.29, 1.82) is 0 Å². The van der Waals surface area contributed by atoms with E-state index >= 15 is 0 Å². The largest absolute Gasteiger partial charge is 0.416 e. The fourth-order valence-electron chi connectivity index (χ4n) is 4.10. The van der Waals surface area contributed by atoms with Gasteiger partial charge in [0.1, 0.15) is 0 Å². The average molecular weight is 441 g/mol. The average Bonchev–Trinajstić information content (AvgIpc) is 2.67. The van der Waals surface area contributed by atoms with Gasteiger partial charge in [-0.3, -0.25) is 13.8 Å². The van der Waals surface area contributed by atoms with E-state index in [1.807, 2.05) is 13.0 Å². The molecule has 0 bridgehead atoms. The third-order valence-corrected chi connectivity index (χ3v) is 6.67. The summed E-state index contributed by atoms with van der Waals surface area (Å²) in [4.78, 5) is 2.35. The molecule has 1 saturated heterocycles. The van der Waals surface area contributed by atoms with Crippen LogP contribution in [-0.4, -0.2) is 34.7 Å². The lowest BCUT2D eigenvalue weighted by Gasteiger charge is -2.32. The smallest absolute Gasteiger partial charge is 0.299 e. The molecule has 3 nitrogen and oxygen atoms in total. The molecule has 7 heteroatoms. The number of hydrogen-bond donors (Lipinski definition) is 2. The fourth-order valence-corrected chi connectivity index (χ4v) is 5.19. The van der Waals surface area contributed by atoms with E-state index in [1.54, 1.807) is 12.5 Å². The van der Waals surface area contributed by atoms with Crippen molar-refractivity contribution in [3.05, 3.63) is 70.8 Å². The molecule has 3 rings (SSSR count). The summed E-state index contributed by atoms with van der Waals surface area (Å²) in [6.07, 6.45) is 0.883. The van der Waals surface area contributed by atoms with E-state index in [0.717, 1.165) is 49.7 Å². The van der Waals surface area contributed by atoms with Crippen LogP contribution in [0, 0.1) is 0 Å². The Hall–Kier alpha value is -1.70. The highest BCUT2D eigenvalue weighted by molar-refractivity contribution is 7.99. The van der Waals surface area contributed by atoms with Gasteiger partial charge in [0, 0.05) is 25.1 Å². The summed E-state index contributed by atoms with van der Waals surface area (Å²) in [5.74, 6) is 0.177. The Bertz CT molecular complexity index is 884. The van der Waals surface area contributed by atoms with Gasteiger partial charge in [0.15, 0.2) is 0 Å². The summed E-state index contributed by atoms with van der Waals surface area (Å²) >= 11 is 0. The SMILES string of the molecule is C[C@@H](N[SH](C)(C)=O)c1ccc(CN2CCC(c3cccc(C(F)(F)F)c3)CC2)cc1. The van der Waals surface area contributed by atoms with E-state index in [9.17, 15) is 17.4 Å². The first-order valence-corrected chi connectivity index (χ1v) is 12.9. The number of likely N-dealkylation sites (tertiary alicyclic amines) is 1. The third kappa shape index (κ3) is 6.40. The minimum Gasteiger partial charge on any atom is -0.299 e. The van der Waals surface area contributed by atoms with Crippen molar-refractivity contribution < 1.29 is 17.4 Å². The van der Waals surface area contributed by atoms with Crippen LogP contribution in [-0.2, 0) is 22.8 Å². The van der Waals surface area contributed by atoms with Gasteiger partial charge in [0.2, 0.25) is 0 Å². The van der Waals surface area contributed by atoms with Crippen LogP contribution < -0.4 is 4.72 Å². The van der Waals surface area contributed by atoms with Gasteiger partial charge in [-0.2, -0.15) is 13.2 Å². The lowest BCUT2D eigenvalue weighted by molar-refractivity contribution is -0.137. The van der Waals surface area contributed by atoms with Crippen LogP contribution >= 0.6 is 0 Å². The highest BCUT2D eigenvalue weighted by Gasteiger charge is 2.31. The molecule has 0 unspecified atom stereocenters. The molecule has 2 aromatic rings. The lowest BCUT2D eigenvalue weighted by Crippen LogP contribution is -2.32. The van der Waals surface area contributed by atoms with E-state index in [-0.39, 0.29) is 12.0 Å². The fraction of sp³-hybridized carbons (Fsp3) is 0.478. The van der Waals surface area contributed by atoms with Crippen molar-refractivity contribution in [3.63, 3.8) is 0 Å². The minimum atomic E-state index is -4.29. The summed E-state index contributed by atoms with van der Waals surface area (Å²) in [7, 11) is -2.29. The molecule has 1 heterocycles. The van der Waals surface area contributed by atoms with Gasteiger partial charge in [-0.25, -0.2) is 0 Å². The number of halogens is 3. The Balaban J connectivity index is 1.54. The van der Waals surface area contributed by atoms with Crippen LogP contribution in [0.1, 0.15) is 54.0 Å². The third-order valence-electron chi connectivity index (χ3n) is 5.66. The Kier molecular flexibility index (Phi) is 7.05. The summed E-state index contributed by atoms with van der Waals surface area (Å²) in [6.45, 7) is 4.58. The highest BCUT2D eigenvalue weighted by atomic mass is 32.3. The molecule has 0 aromatic heterocycles. The van der Waals surface area contributed by atoms with Gasteiger partial charge in [0.05, 0.1) is 5.56 Å². The molecule has 166 valence electrons. The van der Waals surface area contributed by atoms with Crippen LogP contribution in [0.2, 0.25) is 0 Å². The molecule has 1 atom stereocenters. The van der Waals surface area contributed by atoms with Crippen molar-refractivity contribution in [2.45, 2.75) is 44.4 Å². The molecule has 0 radical (unpaired) electrons. The molecule has 30 heavy (non-hydrogen) atoms. The minimum absolute atomic E-state index is 0.0306. The topological polar surface area (TPSA) is 32.3 Å². The first-order valence-electron chi connectivity index (χ1n) is 10.3. The molecule has 2 aromatic carbocycles. The van der Waals surface area contributed by atoms with E-state index in [2.05, 4.69) is 33.9 Å². The number of piperidine rings is 1. The van der Waals surface area contributed by atoms with E-state index in [1.165, 1.54) is 17.7 Å². The predicted octanol–water partition coefficient (Wildman–Crippen LogP) is 4.93. The van der Waals surface area contributed by atoms with Crippen LogP contribution in [0.25, 0.3) is 0 Å². The zero-order valence-electron chi connectivity index (χ0n) is 17.7. The van der Waals surface area contributed by atoms with Crippen LogP contribution in [0.4, 0.5) is 13.2 Å². The number of hydrogen-bond acceptors (Lipinski definition) is 2. The second-order valence-corrected chi connectivity index (χ2v) is 11.6. The molecule has 0 amide bonds. The van der Waals surface area contributed by atoms with E-state index < -0.39 is 21.9 Å². The van der Waals surface area contributed by atoms with Gasteiger partial charge in [-0.05, 0) is 61.5 Å². The van der Waals surface area contributed by atoms with Crippen molar-refractivity contribution in [3.8, 4) is 0 Å². The summed E-state index contributed by atoms with van der Waals surface area (Å²) in [5.41, 5.74) is 2.54. The maximum Gasteiger partial charge on any atom is 0.416 e. The monoisotopic (exact) mass is 440 g/mol. The quantitative estimate of drug-likeness (QED) is 0.625. The van der Waals surface area contributed by atoms with Crippen LogP contribution in [0.15, 0.2) is 48.5 Å². The predicted molar refractivity (Wildman–Crippen MR) is 118 cm³/mol. The zero-order valence-corrected chi connectivity index (χ0v) is 18.6. The first kappa shape index (κ1) is 23.0. The van der Waals surface area contributed by atoms with Crippen molar-refractivity contribution in [2.75, 3.05) is 25.6 Å². The molecule has 0 spiro atoms. The number of rotatable bonds is 6. The molecule has 1 N–H and O–H groups in total. The highest BCUT2D eigenvalue weighted by Crippen LogP contribution is 2.34. The van der Waals surface area contributed by atoms with Crippen molar-refractivity contribution in [2.24, 2.45) is 0 Å². The van der Waals surface area contributed by atoms with E-state index in [4.69, 9.17) is 0 Å². The molecular weight excluding hydrogens is 409 g/mol. The second-order valence-electron chi connectivity index (χ2n) is 8.62. The normalized spacial score (nSPS) is 18.3. The van der Waals surface area contributed by atoms with Crippen molar-refractivity contribution in [1.82, 2.24) is 9.62 Å². The lowest BCUT2D eigenvalue weighted by atomic mass is 9.88. The zero-order chi connectivity index (χ0) is 21.9. The Morgan fingerprint density at radius 2 is 1.73 bits per heavy atom. The number of thiol groups is 1. The molecule has 0 saturated carbocycles.